The van der Waals surface area contributed by atoms with E-state index in [1.54, 1.807) is 19.1 Å². The standard InChI is InChI=1S/C26H32N2O4/c1-27(16-17-32-22-14-12-21(31-2)13-15-22)26(30)24-18-20-10-6-7-11-23(20)28(24)25(29)19-8-4-3-5-9-19/h3-5,8-9,12-15,20,23-24H,6-7,10-11,16-18H2,1-2H3. The Kier molecular flexibility index (Phi) is 6.98. The van der Waals surface area contributed by atoms with Gasteiger partial charge in [0.05, 0.1) is 13.7 Å². The first-order valence-electron chi connectivity index (χ1n) is 11.5. The minimum Gasteiger partial charge on any atom is -0.497 e. The zero-order valence-corrected chi connectivity index (χ0v) is 18.9. The number of benzene rings is 2. The topological polar surface area (TPSA) is 59.1 Å². The van der Waals surface area contributed by atoms with Crippen LogP contribution in [-0.4, -0.2) is 61.0 Å². The molecule has 2 aromatic carbocycles. The Morgan fingerprint density at radius 3 is 2.41 bits per heavy atom. The van der Waals surface area contributed by atoms with Crippen molar-refractivity contribution in [3.63, 3.8) is 0 Å². The van der Waals surface area contributed by atoms with Gasteiger partial charge < -0.3 is 19.3 Å². The Morgan fingerprint density at radius 1 is 1.00 bits per heavy atom. The molecule has 1 saturated carbocycles. The first kappa shape index (κ1) is 22.2. The Labute approximate surface area is 190 Å². The van der Waals surface area contributed by atoms with E-state index in [1.165, 1.54) is 6.42 Å². The molecule has 3 unspecified atom stereocenters. The third-order valence-electron chi connectivity index (χ3n) is 6.76. The molecule has 0 spiro atoms. The molecule has 1 heterocycles. The fraction of sp³-hybridized carbons (Fsp3) is 0.462. The fourth-order valence-electron chi connectivity index (χ4n) is 5.04. The molecule has 0 bridgehead atoms. The largest absolute Gasteiger partial charge is 0.497 e. The quantitative estimate of drug-likeness (QED) is 0.658. The molecule has 1 aliphatic carbocycles. The van der Waals surface area contributed by atoms with Gasteiger partial charge in [-0.05, 0) is 61.6 Å². The maximum absolute atomic E-state index is 13.4. The molecule has 6 heteroatoms. The van der Waals surface area contributed by atoms with Gasteiger partial charge >= 0.3 is 0 Å². The molecule has 0 aromatic heterocycles. The minimum atomic E-state index is -0.401. The van der Waals surface area contributed by atoms with Gasteiger partial charge in [-0.3, -0.25) is 9.59 Å². The summed E-state index contributed by atoms with van der Waals surface area (Å²) in [6.07, 6.45) is 5.13. The molecule has 170 valence electrons. The highest BCUT2D eigenvalue weighted by molar-refractivity contribution is 5.98. The number of ether oxygens (including phenoxy) is 2. The van der Waals surface area contributed by atoms with E-state index in [0.29, 0.717) is 24.6 Å². The average Bonchev–Trinajstić information content (AvgIpc) is 3.23. The van der Waals surface area contributed by atoms with Crippen molar-refractivity contribution in [2.45, 2.75) is 44.2 Å². The smallest absolute Gasteiger partial charge is 0.254 e. The summed E-state index contributed by atoms with van der Waals surface area (Å²) in [4.78, 5) is 30.4. The van der Waals surface area contributed by atoms with Gasteiger partial charge in [-0.15, -0.1) is 0 Å². The molecule has 32 heavy (non-hydrogen) atoms. The van der Waals surface area contributed by atoms with Crippen molar-refractivity contribution in [3.8, 4) is 11.5 Å². The summed E-state index contributed by atoms with van der Waals surface area (Å²) in [5.41, 5.74) is 0.655. The number of fused-ring (bicyclic) bond motifs is 1. The highest BCUT2D eigenvalue weighted by atomic mass is 16.5. The molecule has 3 atom stereocenters. The lowest BCUT2D eigenvalue weighted by Crippen LogP contribution is -2.50. The lowest BCUT2D eigenvalue weighted by atomic mass is 9.84. The van der Waals surface area contributed by atoms with Crippen LogP contribution in [0, 0.1) is 5.92 Å². The summed E-state index contributed by atoms with van der Waals surface area (Å²) < 4.78 is 11.0. The van der Waals surface area contributed by atoms with Crippen LogP contribution < -0.4 is 9.47 Å². The monoisotopic (exact) mass is 436 g/mol. The normalized spacial score (nSPS) is 22.2. The Hall–Kier alpha value is -3.02. The van der Waals surface area contributed by atoms with Crippen molar-refractivity contribution in [2.24, 2.45) is 5.92 Å². The van der Waals surface area contributed by atoms with Crippen LogP contribution in [0.25, 0.3) is 0 Å². The molecule has 2 aliphatic rings. The van der Waals surface area contributed by atoms with Gasteiger partial charge in [-0.25, -0.2) is 0 Å². The predicted molar refractivity (Wildman–Crippen MR) is 123 cm³/mol. The zero-order valence-electron chi connectivity index (χ0n) is 18.9. The molecule has 1 saturated heterocycles. The molecule has 1 aliphatic heterocycles. The van der Waals surface area contributed by atoms with Gasteiger partial charge in [-0.2, -0.15) is 0 Å². The van der Waals surface area contributed by atoms with E-state index < -0.39 is 6.04 Å². The number of likely N-dealkylation sites (N-methyl/N-ethyl adjacent to an activating group) is 1. The second-order valence-corrected chi connectivity index (χ2v) is 8.73. The molecular formula is C26H32N2O4. The lowest BCUT2D eigenvalue weighted by molar-refractivity contribution is -0.134. The summed E-state index contributed by atoms with van der Waals surface area (Å²) in [6, 6.07) is 16.5. The van der Waals surface area contributed by atoms with Crippen LogP contribution >= 0.6 is 0 Å². The van der Waals surface area contributed by atoms with Crippen LogP contribution in [0.5, 0.6) is 11.5 Å². The second kappa shape index (κ2) is 10.1. The SMILES string of the molecule is COc1ccc(OCCN(C)C(=O)C2CC3CCCCC3N2C(=O)c2ccccc2)cc1. The molecular weight excluding hydrogens is 404 g/mol. The number of carbonyl (C=O) groups excluding carboxylic acids is 2. The number of hydrogen-bond donors (Lipinski definition) is 0. The minimum absolute atomic E-state index is 0.00186. The van der Waals surface area contributed by atoms with E-state index in [4.69, 9.17) is 9.47 Å². The Bertz CT molecular complexity index is 915. The van der Waals surface area contributed by atoms with Gasteiger partial charge in [-0.1, -0.05) is 31.0 Å². The van der Waals surface area contributed by atoms with E-state index in [-0.39, 0.29) is 17.9 Å². The molecule has 2 fully saturated rings. The summed E-state index contributed by atoms with van der Waals surface area (Å²) in [6.45, 7) is 0.852. The van der Waals surface area contributed by atoms with Crippen LogP contribution in [0.1, 0.15) is 42.5 Å². The van der Waals surface area contributed by atoms with Crippen LogP contribution in [0.15, 0.2) is 54.6 Å². The molecule has 2 amide bonds. The average molecular weight is 437 g/mol. The fourth-order valence-corrected chi connectivity index (χ4v) is 5.04. The maximum Gasteiger partial charge on any atom is 0.254 e. The van der Waals surface area contributed by atoms with Crippen LogP contribution in [-0.2, 0) is 4.79 Å². The highest BCUT2D eigenvalue weighted by Gasteiger charge is 2.48. The van der Waals surface area contributed by atoms with Crippen molar-refractivity contribution in [1.82, 2.24) is 9.80 Å². The maximum atomic E-state index is 13.4. The van der Waals surface area contributed by atoms with Gasteiger partial charge in [0.15, 0.2) is 0 Å². The molecule has 2 aromatic rings. The number of hydrogen-bond acceptors (Lipinski definition) is 4. The third kappa shape index (κ3) is 4.74. The number of likely N-dealkylation sites (tertiary alicyclic amines) is 1. The first-order valence-corrected chi connectivity index (χ1v) is 11.5. The van der Waals surface area contributed by atoms with E-state index in [1.807, 2.05) is 59.5 Å². The van der Waals surface area contributed by atoms with E-state index >= 15 is 0 Å². The van der Waals surface area contributed by atoms with Crippen LogP contribution in [0.2, 0.25) is 0 Å². The Morgan fingerprint density at radius 2 is 1.69 bits per heavy atom. The number of carbonyl (C=O) groups is 2. The zero-order chi connectivity index (χ0) is 22.5. The van der Waals surface area contributed by atoms with Crippen molar-refractivity contribution in [1.29, 1.82) is 0 Å². The Balaban J connectivity index is 1.42. The third-order valence-corrected chi connectivity index (χ3v) is 6.76. The van der Waals surface area contributed by atoms with Crippen LogP contribution in [0.4, 0.5) is 0 Å². The van der Waals surface area contributed by atoms with E-state index in [9.17, 15) is 9.59 Å². The first-order chi connectivity index (χ1) is 15.6. The van der Waals surface area contributed by atoms with Crippen molar-refractivity contribution >= 4 is 11.8 Å². The summed E-state index contributed by atoms with van der Waals surface area (Å²) in [5, 5.41) is 0. The summed E-state index contributed by atoms with van der Waals surface area (Å²) >= 11 is 0. The number of rotatable bonds is 7. The van der Waals surface area contributed by atoms with Crippen molar-refractivity contribution in [3.05, 3.63) is 60.2 Å². The number of amides is 2. The van der Waals surface area contributed by atoms with Crippen molar-refractivity contribution < 1.29 is 19.1 Å². The van der Waals surface area contributed by atoms with Gasteiger partial charge in [0.1, 0.15) is 24.1 Å². The number of methoxy groups -OCH3 is 1. The van der Waals surface area contributed by atoms with Crippen molar-refractivity contribution in [2.75, 3.05) is 27.3 Å². The molecule has 0 N–H and O–H groups in total. The van der Waals surface area contributed by atoms with E-state index in [2.05, 4.69) is 0 Å². The van der Waals surface area contributed by atoms with E-state index in [0.717, 1.165) is 37.2 Å². The number of nitrogens with zero attached hydrogens (tertiary/aromatic N) is 2. The molecule has 6 nitrogen and oxygen atoms in total. The highest BCUT2D eigenvalue weighted by Crippen LogP contribution is 2.41. The molecule has 0 radical (unpaired) electrons. The lowest BCUT2D eigenvalue weighted by Gasteiger charge is -2.34. The van der Waals surface area contributed by atoms with Gasteiger partial charge in [0.2, 0.25) is 5.91 Å². The van der Waals surface area contributed by atoms with Gasteiger partial charge in [0, 0.05) is 18.7 Å². The second-order valence-electron chi connectivity index (χ2n) is 8.73. The summed E-state index contributed by atoms with van der Waals surface area (Å²) in [7, 11) is 3.42. The predicted octanol–water partition coefficient (Wildman–Crippen LogP) is 4.01. The van der Waals surface area contributed by atoms with Gasteiger partial charge in [0.25, 0.3) is 5.91 Å². The van der Waals surface area contributed by atoms with Crippen LogP contribution in [0.3, 0.4) is 0 Å². The molecule has 4 rings (SSSR count). The summed E-state index contributed by atoms with van der Waals surface area (Å²) in [5.74, 6) is 1.90.